The number of anilines is 2. The Hall–Kier alpha value is -3.32. The minimum atomic E-state index is -1.16. The number of hydrogen-bond donors (Lipinski definition) is 6. The van der Waals surface area contributed by atoms with E-state index in [2.05, 4.69) is 51.7 Å². The molecule has 194 valence electrons. The van der Waals surface area contributed by atoms with Crippen molar-refractivity contribution in [3.63, 3.8) is 0 Å². The third-order valence-electron chi connectivity index (χ3n) is 6.17. The topological polar surface area (TPSA) is 172 Å². The van der Waals surface area contributed by atoms with Crippen LogP contribution in [0.15, 0.2) is 36.9 Å². The molecule has 1 aromatic carbocycles. The van der Waals surface area contributed by atoms with Crippen LogP contribution in [-0.2, 0) is 10.2 Å². The fraction of sp³-hybridized carbons (Fsp3) is 0.500. The molecule has 2 amide bonds. The first-order valence-corrected chi connectivity index (χ1v) is 12.0. The van der Waals surface area contributed by atoms with Crippen molar-refractivity contribution in [2.45, 2.75) is 57.1 Å². The second-order valence-electron chi connectivity index (χ2n) is 9.90. The molecule has 1 aliphatic heterocycles. The Labute approximate surface area is 209 Å². The smallest absolute Gasteiger partial charge is 0.319 e. The quantitative estimate of drug-likeness (QED) is 0.249. The zero-order chi connectivity index (χ0) is 25.9. The zero-order valence-corrected chi connectivity index (χ0v) is 20.7. The Kier molecular flexibility index (Phi) is 7.69. The molecule has 3 aromatic rings. The van der Waals surface area contributed by atoms with E-state index in [0.29, 0.717) is 37.2 Å². The third-order valence-corrected chi connectivity index (χ3v) is 6.17. The molecule has 4 atom stereocenters. The van der Waals surface area contributed by atoms with Crippen molar-refractivity contribution >= 4 is 28.7 Å². The van der Waals surface area contributed by atoms with Gasteiger partial charge in [-0.2, -0.15) is 0 Å². The molecule has 1 unspecified atom stereocenters. The molecule has 0 spiro atoms. The lowest BCUT2D eigenvalue weighted by molar-refractivity contribution is -0.0341. The van der Waals surface area contributed by atoms with Crippen molar-refractivity contribution in [3.05, 3.63) is 42.5 Å². The second-order valence-corrected chi connectivity index (χ2v) is 9.90. The first kappa shape index (κ1) is 25.8. The van der Waals surface area contributed by atoms with Crippen molar-refractivity contribution in [2.75, 3.05) is 30.7 Å². The van der Waals surface area contributed by atoms with E-state index in [4.69, 9.17) is 10.5 Å². The number of urea groups is 1. The van der Waals surface area contributed by atoms with Crippen LogP contribution in [0.1, 0.15) is 39.0 Å². The maximum atomic E-state index is 12.1. The molecule has 4 rings (SSSR count). The molecule has 3 heterocycles. The summed E-state index contributed by atoms with van der Waals surface area (Å²) in [5, 5.41) is 29.8. The zero-order valence-electron chi connectivity index (χ0n) is 20.7. The van der Waals surface area contributed by atoms with Crippen LogP contribution in [0.25, 0.3) is 11.2 Å². The number of nitrogens with zero attached hydrogens (tertiary/aromatic N) is 4. The number of aromatic nitrogens is 4. The second kappa shape index (κ2) is 10.7. The van der Waals surface area contributed by atoms with Gasteiger partial charge in [-0.1, -0.05) is 32.9 Å². The molecule has 0 aliphatic carbocycles. The lowest BCUT2D eigenvalue weighted by atomic mass is 9.87. The molecule has 1 saturated heterocycles. The van der Waals surface area contributed by atoms with Gasteiger partial charge in [-0.15, -0.1) is 0 Å². The molecule has 7 N–H and O–H groups in total. The van der Waals surface area contributed by atoms with Crippen LogP contribution in [0, 0.1) is 0 Å². The fourth-order valence-electron chi connectivity index (χ4n) is 4.07. The summed E-state index contributed by atoms with van der Waals surface area (Å²) in [6.45, 7) is 7.81. The predicted molar refractivity (Wildman–Crippen MR) is 135 cm³/mol. The van der Waals surface area contributed by atoms with Gasteiger partial charge in [0, 0.05) is 18.8 Å². The normalized spacial score (nSPS) is 22.1. The summed E-state index contributed by atoms with van der Waals surface area (Å²) < 4.78 is 7.44. The monoisotopic (exact) mass is 498 g/mol. The Morgan fingerprint density at radius 1 is 1.11 bits per heavy atom. The number of fused-ring (bicyclic) bond motifs is 1. The minimum Gasteiger partial charge on any atom is -0.387 e. The van der Waals surface area contributed by atoms with Crippen molar-refractivity contribution < 1.29 is 19.7 Å². The number of ether oxygens (including phenoxy) is 1. The Morgan fingerprint density at radius 2 is 1.86 bits per heavy atom. The lowest BCUT2D eigenvalue weighted by Gasteiger charge is -2.19. The van der Waals surface area contributed by atoms with E-state index in [1.54, 1.807) is 4.57 Å². The first-order valence-electron chi connectivity index (χ1n) is 12.0. The van der Waals surface area contributed by atoms with Gasteiger partial charge in [0.25, 0.3) is 0 Å². The predicted octanol–water partition coefficient (Wildman–Crippen LogP) is 1.13. The maximum absolute atomic E-state index is 12.1. The number of carbonyl (C=O) groups excluding carboxylic acids is 1. The highest BCUT2D eigenvalue weighted by atomic mass is 16.6. The van der Waals surface area contributed by atoms with Crippen molar-refractivity contribution in [1.82, 2.24) is 30.2 Å². The van der Waals surface area contributed by atoms with E-state index in [0.717, 1.165) is 5.69 Å². The lowest BCUT2D eigenvalue weighted by Crippen LogP contribution is -2.38. The summed E-state index contributed by atoms with van der Waals surface area (Å²) >= 11 is 0. The molecule has 2 aromatic heterocycles. The molecular weight excluding hydrogens is 464 g/mol. The number of aliphatic hydroxyl groups excluding tert-OH is 2. The minimum absolute atomic E-state index is 0.0592. The first-order chi connectivity index (χ1) is 17.1. The number of nitrogen functional groups attached to an aromatic ring is 1. The molecule has 12 heteroatoms. The highest BCUT2D eigenvalue weighted by Gasteiger charge is 2.44. The average molecular weight is 499 g/mol. The largest absolute Gasteiger partial charge is 0.387 e. The number of nitrogens with two attached hydrogens (primary N) is 1. The Morgan fingerprint density at radius 3 is 2.58 bits per heavy atom. The maximum Gasteiger partial charge on any atom is 0.319 e. The highest BCUT2D eigenvalue weighted by Crippen LogP contribution is 2.31. The van der Waals surface area contributed by atoms with Crippen LogP contribution in [-0.4, -0.2) is 73.7 Å². The number of carbonyl (C=O) groups is 1. The summed E-state index contributed by atoms with van der Waals surface area (Å²) in [6.07, 6.45) is -0.289. The third kappa shape index (κ3) is 5.73. The van der Waals surface area contributed by atoms with E-state index >= 15 is 0 Å². The van der Waals surface area contributed by atoms with Crippen molar-refractivity contribution in [3.8, 4) is 0 Å². The summed E-state index contributed by atoms with van der Waals surface area (Å²) in [5.41, 5.74) is 8.64. The summed E-state index contributed by atoms with van der Waals surface area (Å²) in [4.78, 5) is 24.4. The average Bonchev–Trinajstić information content (AvgIpc) is 3.38. The van der Waals surface area contributed by atoms with E-state index in [1.807, 2.05) is 24.3 Å². The number of amides is 2. The van der Waals surface area contributed by atoms with E-state index < -0.39 is 24.5 Å². The van der Waals surface area contributed by atoms with Crippen LogP contribution >= 0.6 is 0 Å². The van der Waals surface area contributed by atoms with Gasteiger partial charge in [-0.05, 0) is 36.1 Å². The van der Waals surface area contributed by atoms with Gasteiger partial charge in [0.2, 0.25) is 0 Å². The van der Waals surface area contributed by atoms with E-state index in [9.17, 15) is 15.0 Å². The van der Waals surface area contributed by atoms with E-state index in [-0.39, 0.29) is 17.3 Å². The number of imidazole rings is 1. The number of benzene rings is 1. The highest BCUT2D eigenvalue weighted by molar-refractivity contribution is 5.89. The van der Waals surface area contributed by atoms with Gasteiger partial charge < -0.3 is 36.6 Å². The van der Waals surface area contributed by atoms with Gasteiger partial charge in [0.05, 0.1) is 6.33 Å². The fourth-order valence-corrected chi connectivity index (χ4v) is 4.07. The molecule has 1 fully saturated rings. The van der Waals surface area contributed by atoms with E-state index in [1.165, 1.54) is 18.2 Å². The number of aliphatic hydroxyl groups is 2. The molecule has 0 bridgehead atoms. The number of rotatable bonds is 8. The molecule has 12 nitrogen and oxygen atoms in total. The number of nitrogens with one attached hydrogen (secondary N) is 3. The van der Waals surface area contributed by atoms with Crippen LogP contribution in [0.2, 0.25) is 0 Å². The summed E-state index contributed by atoms with van der Waals surface area (Å²) in [7, 11) is 0. The van der Waals surface area contributed by atoms with Crippen LogP contribution in [0.3, 0.4) is 0 Å². The van der Waals surface area contributed by atoms with Gasteiger partial charge in [-0.3, -0.25) is 4.57 Å². The van der Waals surface area contributed by atoms with Crippen molar-refractivity contribution in [1.29, 1.82) is 0 Å². The van der Waals surface area contributed by atoms with Crippen LogP contribution in [0.5, 0.6) is 0 Å². The van der Waals surface area contributed by atoms with Gasteiger partial charge >= 0.3 is 6.03 Å². The van der Waals surface area contributed by atoms with Crippen LogP contribution in [0.4, 0.5) is 16.3 Å². The Balaban J connectivity index is 1.17. The molecule has 0 radical (unpaired) electrons. The van der Waals surface area contributed by atoms with Gasteiger partial charge in [0.1, 0.15) is 30.2 Å². The SMILES string of the molecule is CC(C)(C)c1ccc(NC(=O)NCCCNC[C@H]2OC(n3cnc4c(N)ncnc43)[C@H](O)[C@@H]2O)cc1. The van der Waals surface area contributed by atoms with Crippen LogP contribution < -0.4 is 21.7 Å². The summed E-state index contributed by atoms with van der Waals surface area (Å²) in [6, 6.07) is 7.55. The van der Waals surface area contributed by atoms with Crippen molar-refractivity contribution in [2.24, 2.45) is 0 Å². The number of hydrogen-bond acceptors (Lipinski definition) is 9. The molecule has 0 saturated carbocycles. The van der Waals surface area contributed by atoms with Gasteiger partial charge in [0.15, 0.2) is 17.7 Å². The molecule has 36 heavy (non-hydrogen) atoms. The molecule has 1 aliphatic rings. The summed E-state index contributed by atoms with van der Waals surface area (Å²) in [5.74, 6) is 0.228. The Bertz CT molecular complexity index is 1180. The van der Waals surface area contributed by atoms with Gasteiger partial charge in [-0.25, -0.2) is 19.7 Å². The molecular formula is C24H34N8O4. The standard InChI is InChI=1S/C24H34N8O4/c1-24(2,3)14-5-7-15(8-6-14)31-23(35)27-10-4-9-26-11-16-18(33)19(34)22(36-16)32-13-30-17-20(25)28-12-29-21(17)32/h5-8,12-13,16,18-19,22,26,33-34H,4,9-11H2,1-3H3,(H2,25,28,29)(H2,27,31,35)/t16-,18-,19-,22?/m1/s1.